The van der Waals surface area contributed by atoms with E-state index in [1.54, 1.807) is 18.2 Å². The number of benzene rings is 1. The minimum atomic E-state index is -1.04. The van der Waals surface area contributed by atoms with Gasteiger partial charge in [0.1, 0.15) is 11.5 Å². The number of carboxylic acid groups (broad SMARTS) is 1. The molecule has 3 N–H and O–H groups in total. The first-order valence-electron chi connectivity index (χ1n) is 6.91. The van der Waals surface area contributed by atoms with Crippen molar-refractivity contribution in [1.29, 1.82) is 0 Å². The minimum absolute atomic E-state index is 0.0626. The zero-order chi connectivity index (χ0) is 15.9. The summed E-state index contributed by atoms with van der Waals surface area (Å²) in [7, 11) is 1.51. The van der Waals surface area contributed by atoms with E-state index in [-0.39, 0.29) is 16.9 Å². The van der Waals surface area contributed by atoms with Crippen molar-refractivity contribution in [3.05, 3.63) is 39.7 Å². The van der Waals surface area contributed by atoms with Gasteiger partial charge in [0.15, 0.2) is 0 Å². The third-order valence-electron chi connectivity index (χ3n) is 3.97. The molecule has 0 amide bonds. The average molecular weight is 301 g/mol. The molecule has 0 bridgehead atoms. The van der Waals surface area contributed by atoms with Gasteiger partial charge in [-0.25, -0.2) is 4.79 Å². The molecule has 1 aliphatic rings. The van der Waals surface area contributed by atoms with Crippen LogP contribution in [0.15, 0.2) is 28.6 Å². The van der Waals surface area contributed by atoms with E-state index in [2.05, 4.69) is 4.98 Å². The van der Waals surface area contributed by atoms with Crippen LogP contribution in [0.4, 0.5) is 0 Å². The summed E-state index contributed by atoms with van der Waals surface area (Å²) in [5.41, 5.74) is 0.639. The first-order chi connectivity index (χ1) is 10.5. The highest BCUT2D eigenvalue weighted by Gasteiger charge is 2.26. The fraction of sp³-hybridized carbons (Fsp3) is 0.250. The molecule has 1 aromatic heterocycles. The molecule has 1 aromatic carbocycles. The normalized spacial score (nSPS) is 14.6. The molecule has 1 aliphatic carbocycles. The quantitative estimate of drug-likeness (QED) is 0.807. The van der Waals surface area contributed by atoms with Crippen molar-refractivity contribution in [2.45, 2.75) is 19.3 Å². The van der Waals surface area contributed by atoms with Crippen LogP contribution in [-0.4, -0.2) is 28.3 Å². The van der Waals surface area contributed by atoms with Gasteiger partial charge in [0, 0.05) is 17.0 Å². The van der Waals surface area contributed by atoms with Gasteiger partial charge < -0.3 is 19.9 Å². The first-order valence-corrected chi connectivity index (χ1v) is 6.91. The van der Waals surface area contributed by atoms with Crippen molar-refractivity contribution in [3.63, 3.8) is 0 Å². The van der Waals surface area contributed by atoms with Gasteiger partial charge in [-0.3, -0.25) is 4.79 Å². The summed E-state index contributed by atoms with van der Waals surface area (Å²) in [6, 6.07) is 4.92. The fourth-order valence-electron chi connectivity index (χ4n) is 2.92. The van der Waals surface area contributed by atoms with Gasteiger partial charge in [0.25, 0.3) is 5.56 Å². The van der Waals surface area contributed by atoms with Gasteiger partial charge in [0.2, 0.25) is 0 Å². The highest BCUT2D eigenvalue weighted by Crippen LogP contribution is 2.38. The Labute approximate surface area is 125 Å². The molecule has 0 radical (unpaired) electrons. The van der Waals surface area contributed by atoms with Gasteiger partial charge in [-0.15, -0.1) is 0 Å². The molecular weight excluding hydrogens is 286 g/mol. The largest absolute Gasteiger partial charge is 0.506 e. The van der Waals surface area contributed by atoms with Crippen molar-refractivity contribution in [3.8, 4) is 11.5 Å². The number of allylic oxidation sites excluding steroid dienone is 1. The number of aromatic amines is 1. The molecule has 0 saturated carbocycles. The lowest BCUT2D eigenvalue weighted by molar-refractivity contribution is -0.132. The Balaban J connectivity index is 2.30. The Bertz CT molecular complexity index is 863. The number of carboxylic acids is 1. The third kappa shape index (κ3) is 2.13. The molecule has 0 fully saturated rings. The number of methoxy groups -OCH3 is 1. The number of fused-ring (bicyclic) bond motifs is 1. The van der Waals surface area contributed by atoms with Crippen LogP contribution in [0.3, 0.4) is 0 Å². The number of aliphatic carboxylic acids is 1. The van der Waals surface area contributed by atoms with E-state index in [4.69, 9.17) is 4.74 Å². The molecule has 6 nitrogen and oxygen atoms in total. The number of nitrogens with one attached hydrogen (secondary N) is 1. The maximum atomic E-state index is 12.3. The number of carbonyl (C=O) groups is 1. The second kappa shape index (κ2) is 5.22. The van der Waals surface area contributed by atoms with Crippen molar-refractivity contribution in [2.75, 3.05) is 7.11 Å². The Hall–Kier alpha value is -2.76. The number of aromatic nitrogens is 1. The predicted octanol–water partition coefficient (Wildman–Crippen LogP) is 2.26. The Kier molecular flexibility index (Phi) is 3.36. The summed E-state index contributed by atoms with van der Waals surface area (Å²) in [6.45, 7) is 0. The molecule has 3 rings (SSSR count). The molecule has 0 unspecified atom stereocenters. The molecular formula is C16H15NO5. The summed E-state index contributed by atoms with van der Waals surface area (Å²) in [5, 5.41) is 20.2. The first kappa shape index (κ1) is 14.2. The molecule has 6 heteroatoms. The average Bonchev–Trinajstić information content (AvgIpc) is 2.96. The van der Waals surface area contributed by atoms with E-state index in [0.717, 1.165) is 0 Å². The van der Waals surface area contributed by atoms with Crippen LogP contribution >= 0.6 is 0 Å². The van der Waals surface area contributed by atoms with E-state index in [1.807, 2.05) is 0 Å². The lowest BCUT2D eigenvalue weighted by atomic mass is 10.00. The second-order valence-electron chi connectivity index (χ2n) is 5.21. The Morgan fingerprint density at radius 2 is 2.09 bits per heavy atom. The number of hydrogen-bond acceptors (Lipinski definition) is 4. The Morgan fingerprint density at radius 3 is 2.77 bits per heavy atom. The molecule has 2 aromatic rings. The molecule has 0 spiro atoms. The highest BCUT2D eigenvalue weighted by atomic mass is 16.5. The van der Waals surface area contributed by atoms with E-state index >= 15 is 0 Å². The fourth-order valence-corrected chi connectivity index (χ4v) is 2.92. The van der Waals surface area contributed by atoms with Gasteiger partial charge >= 0.3 is 5.97 Å². The van der Waals surface area contributed by atoms with Crippen LogP contribution in [0.1, 0.15) is 24.8 Å². The summed E-state index contributed by atoms with van der Waals surface area (Å²) < 4.78 is 5.09. The zero-order valence-electron chi connectivity index (χ0n) is 12.0. The second-order valence-corrected chi connectivity index (χ2v) is 5.21. The maximum Gasteiger partial charge on any atom is 0.331 e. The lowest BCUT2D eigenvalue weighted by Gasteiger charge is -2.10. The summed E-state index contributed by atoms with van der Waals surface area (Å²) >= 11 is 0. The molecule has 114 valence electrons. The highest BCUT2D eigenvalue weighted by molar-refractivity contribution is 6.00. The lowest BCUT2D eigenvalue weighted by Crippen LogP contribution is -2.13. The van der Waals surface area contributed by atoms with Gasteiger partial charge in [-0.1, -0.05) is 0 Å². The van der Waals surface area contributed by atoms with E-state index < -0.39 is 11.5 Å². The minimum Gasteiger partial charge on any atom is -0.506 e. The molecule has 22 heavy (non-hydrogen) atoms. The van der Waals surface area contributed by atoms with Crippen LogP contribution in [0, 0.1) is 0 Å². The van der Waals surface area contributed by atoms with Crippen molar-refractivity contribution in [1.82, 2.24) is 4.98 Å². The van der Waals surface area contributed by atoms with Gasteiger partial charge in [0.05, 0.1) is 18.2 Å². The predicted molar refractivity (Wildman–Crippen MR) is 81.2 cm³/mol. The number of pyridine rings is 1. The van der Waals surface area contributed by atoms with Gasteiger partial charge in [-0.05, 0) is 37.0 Å². The topological polar surface area (TPSA) is 99.6 Å². The third-order valence-corrected chi connectivity index (χ3v) is 3.97. The van der Waals surface area contributed by atoms with Crippen LogP contribution in [0.25, 0.3) is 16.5 Å². The molecule has 1 heterocycles. The van der Waals surface area contributed by atoms with Crippen molar-refractivity contribution in [2.24, 2.45) is 0 Å². The zero-order valence-corrected chi connectivity index (χ0v) is 12.0. The van der Waals surface area contributed by atoms with Crippen LogP contribution < -0.4 is 10.3 Å². The van der Waals surface area contributed by atoms with Crippen molar-refractivity contribution >= 4 is 22.4 Å². The monoisotopic (exact) mass is 301 g/mol. The van der Waals surface area contributed by atoms with E-state index in [1.165, 1.54) is 7.11 Å². The standard InChI is InChI=1S/C16H15NO5/c1-22-8-5-6-11-12(7-8)17-15(19)13(14(11)18)9-3-2-4-10(9)16(20)21/h5-7H,2-4H2,1H3,(H,20,21)(H2,17,18,19). The van der Waals surface area contributed by atoms with E-state index in [0.29, 0.717) is 41.5 Å². The Morgan fingerprint density at radius 1 is 1.32 bits per heavy atom. The van der Waals surface area contributed by atoms with Crippen molar-refractivity contribution < 1.29 is 19.7 Å². The molecule has 0 aliphatic heterocycles. The maximum absolute atomic E-state index is 12.3. The summed E-state index contributed by atoms with van der Waals surface area (Å²) in [4.78, 5) is 26.3. The van der Waals surface area contributed by atoms with Crippen LogP contribution in [0.2, 0.25) is 0 Å². The number of rotatable bonds is 3. The number of H-pyrrole nitrogens is 1. The number of ether oxygens (including phenoxy) is 1. The number of hydrogen-bond donors (Lipinski definition) is 3. The molecule has 0 saturated heterocycles. The van der Waals surface area contributed by atoms with Gasteiger partial charge in [-0.2, -0.15) is 0 Å². The van der Waals surface area contributed by atoms with Crippen LogP contribution in [0.5, 0.6) is 11.5 Å². The SMILES string of the molecule is COc1ccc2c(O)c(C3=C(C(=O)O)CCC3)c(=O)[nH]c2c1. The number of aromatic hydroxyl groups is 1. The van der Waals surface area contributed by atoms with E-state index in [9.17, 15) is 19.8 Å². The summed E-state index contributed by atoms with van der Waals surface area (Å²) in [5.74, 6) is -0.667. The molecule has 0 atom stereocenters. The smallest absolute Gasteiger partial charge is 0.331 e. The summed E-state index contributed by atoms with van der Waals surface area (Å²) in [6.07, 6.45) is 1.54. The van der Waals surface area contributed by atoms with Crippen LogP contribution in [-0.2, 0) is 4.79 Å².